The van der Waals surface area contributed by atoms with Crippen molar-refractivity contribution in [1.29, 1.82) is 0 Å². The Morgan fingerprint density at radius 3 is 2.31 bits per heavy atom. The molecule has 244 valence electrons. The molecule has 0 radical (unpaired) electrons. The monoisotopic (exact) mass is 657 g/mol. The molecule has 0 spiro atoms. The van der Waals surface area contributed by atoms with Crippen LogP contribution in [0.15, 0.2) is 53.7 Å². The number of carbonyl (C=O) groups is 2. The summed E-state index contributed by atoms with van der Waals surface area (Å²) in [6, 6.07) is 11.4. The van der Waals surface area contributed by atoms with Crippen LogP contribution in [-0.4, -0.2) is 98.3 Å². The number of hydrogen-bond donors (Lipinski definition) is 0. The fraction of sp³-hybridized carbons (Fsp3) is 0.500. The number of fused-ring (bicyclic) bond motifs is 2. The molecule has 0 bridgehead atoms. The summed E-state index contributed by atoms with van der Waals surface area (Å²) in [5.74, 6) is 1.29. The number of piperazine rings is 1. The highest BCUT2D eigenvalue weighted by molar-refractivity contribution is 6.12. The van der Waals surface area contributed by atoms with E-state index in [0.717, 1.165) is 74.7 Å². The molecule has 11 heteroatoms. The molecule has 1 saturated heterocycles. The van der Waals surface area contributed by atoms with Crippen molar-refractivity contribution in [2.75, 3.05) is 65.5 Å². The van der Waals surface area contributed by atoms with Gasteiger partial charge in [-0.3, -0.25) is 14.5 Å². The van der Waals surface area contributed by atoms with Gasteiger partial charge in [0, 0.05) is 68.3 Å². The quantitative estimate of drug-likeness (QED) is 0.394. The lowest BCUT2D eigenvalue weighted by molar-refractivity contribution is -0.123. The molecule has 2 unspecified atom stereocenters. The van der Waals surface area contributed by atoms with E-state index >= 15 is 0 Å². The highest BCUT2D eigenvalue weighted by atomic mass is 35.5. The van der Waals surface area contributed by atoms with Gasteiger partial charge in [-0.2, -0.15) is 5.10 Å². The first kappa shape index (κ1) is 34.8. The molecule has 45 heavy (non-hydrogen) atoms. The summed E-state index contributed by atoms with van der Waals surface area (Å²) in [5.41, 5.74) is 3.94. The minimum atomic E-state index is -0.358. The van der Waals surface area contributed by atoms with Crippen LogP contribution in [0, 0.1) is 11.8 Å². The molecule has 0 saturated carbocycles. The minimum Gasteiger partial charge on any atom is -0.493 e. The van der Waals surface area contributed by atoms with Gasteiger partial charge in [-0.05, 0) is 77.2 Å². The summed E-state index contributed by atoms with van der Waals surface area (Å²) in [6.45, 7) is 9.38. The zero-order valence-corrected chi connectivity index (χ0v) is 28.5. The molecule has 3 heterocycles. The standard InChI is InChI=1S/C34H43N5O4.2ClH/c1-34(2)22-28-26(14-15-29(42-5)31(28)43-34)30-25-8-6-7-9-27(25)33(41)39(35-30)24-12-10-23(11-13-24)32(40)38-20-18-37(19-21-38)17-16-36(3)4;;/h6-7,10-15,25,27H,8-9,16-22H2,1-5H3;2*1H. The molecule has 1 fully saturated rings. The fourth-order valence-corrected chi connectivity index (χ4v) is 6.69. The van der Waals surface area contributed by atoms with Gasteiger partial charge >= 0.3 is 0 Å². The number of rotatable bonds is 7. The number of benzene rings is 2. The normalized spacial score (nSPS) is 22.1. The van der Waals surface area contributed by atoms with Crippen molar-refractivity contribution < 1.29 is 19.1 Å². The third-order valence-corrected chi connectivity index (χ3v) is 9.10. The largest absolute Gasteiger partial charge is 0.493 e. The van der Waals surface area contributed by atoms with Crippen molar-refractivity contribution in [3.8, 4) is 11.5 Å². The lowest BCUT2D eigenvalue weighted by Crippen LogP contribution is -2.50. The summed E-state index contributed by atoms with van der Waals surface area (Å²) in [6.07, 6.45) is 6.44. The average Bonchev–Trinajstić information content (AvgIpc) is 3.35. The molecule has 0 N–H and O–H groups in total. The van der Waals surface area contributed by atoms with E-state index in [1.165, 1.54) is 0 Å². The second kappa shape index (κ2) is 14.1. The van der Waals surface area contributed by atoms with Crippen LogP contribution < -0.4 is 14.5 Å². The number of ether oxygens (including phenoxy) is 2. The third-order valence-electron chi connectivity index (χ3n) is 9.10. The van der Waals surface area contributed by atoms with E-state index in [0.29, 0.717) is 23.4 Å². The molecule has 9 nitrogen and oxygen atoms in total. The summed E-state index contributed by atoms with van der Waals surface area (Å²) in [5, 5.41) is 6.58. The topological polar surface area (TPSA) is 77.9 Å². The highest BCUT2D eigenvalue weighted by Crippen LogP contribution is 2.46. The summed E-state index contributed by atoms with van der Waals surface area (Å²) >= 11 is 0. The van der Waals surface area contributed by atoms with Gasteiger partial charge in [0.25, 0.3) is 11.8 Å². The molecule has 6 rings (SSSR count). The van der Waals surface area contributed by atoms with Gasteiger partial charge in [-0.15, -0.1) is 24.8 Å². The van der Waals surface area contributed by atoms with Gasteiger partial charge in [0.2, 0.25) is 0 Å². The predicted octanol–water partition coefficient (Wildman–Crippen LogP) is 4.91. The van der Waals surface area contributed by atoms with Crippen LogP contribution >= 0.6 is 24.8 Å². The van der Waals surface area contributed by atoms with Gasteiger partial charge < -0.3 is 19.3 Å². The smallest absolute Gasteiger partial charge is 0.253 e. The van der Waals surface area contributed by atoms with E-state index in [1.54, 1.807) is 12.1 Å². The van der Waals surface area contributed by atoms with Crippen molar-refractivity contribution in [2.24, 2.45) is 16.9 Å². The van der Waals surface area contributed by atoms with E-state index in [9.17, 15) is 9.59 Å². The lowest BCUT2D eigenvalue weighted by atomic mass is 9.75. The van der Waals surface area contributed by atoms with E-state index in [4.69, 9.17) is 14.6 Å². The lowest BCUT2D eigenvalue weighted by Gasteiger charge is -2.37. The number of carbonyl (C=O) groups excluding carboxylic acids is 2. The molecule has 2 amide bonds. The van der Waals surface area contributed by atoms with E-state index in [1.807, 2.05) is 35.2 Å². The number of halogens is 2. The Balaban J connectivity index is 0.00000230. The van der Waals surface area contributed by atoms with Crippen LogP contribution in [0.2, 0.25) is 0 Å². The van der Waals surface area contributed by atoms with E-state index < -0.39 is 0 Å². The van der Waals surface area contributed by atoms with Crippen LogP contribution in [0.4, 0.5) is 5.69 Å². The van der Waals surface area contributed by atoms with Gasteiger partial charge in [0.1, 0.15) is 5.60 Å². The van der Waals surface area contributed by atoms with Gasteiger partial charge in [0.05, 0.1) is 24.4 Å². The van der Waals surface area contributed by atoms with E-state index in [-0.39, 0.29) is 54.1 Å². The molecule has 2 aromatic rings. The Kier molecular flexibility index (Phi) is 10.9. The zero-order chi connectivity index (χ0) is 30.3. The first-order valence-electron chi connectivity index (χ1n) is 15.4. The Morgan fingerprint density at radius 2 is 1.67 bits per heavy atom. The maximum Gasteiger partial charge on any atom is 0.253 e. The Bertz CT molecular complexity index is 1450. The molecule has 3 aliphatic heterocycles. The van der Waals surface area contributed by atoms with Crippen molar-refractivity contribution in [3.63, 3.8) is 0 Å². The Hall–Kier alpha value is -3.11. The Labute approximate surface area is 279 Å². The van der Waals surface area contributed by atoms with Gasteiger partial charge in [-0.25, -0.2) is 5.01 Å². The summed E-state index contributed by atoms with van der Waals surface area (Å²) in [7, 11) is 5.82. The second-order valence-corrected chi connectivity index (χ2v) is 12.9. The molecule has 2 atom stereocenters. The van der Waals surface area contributed by atoms with Crippen LogP contribution in [0.1, 0.15) is 48.2 Å². The number of anilines is 1. The van der Waals surface area contributed by atoms with Crippen LogP contribution in [0.25, 0.3) is 0 Å². The molecule has 2 aromatic carbocycles. The number of nitrogens with zero attached hydrogens (tertiary/aromatic N) is 5. The highest BCUT2D eigenvalue weighted by Gasteiger charge is 2.43. The summed E-state index contributed by atoms with van der Waals surface area (Å²) < 4.78 is 11.9. The number of allylic oxidation sites excluding steroid dienone is 2. The van der Waals surface area contributed by atoms with Gasteiger partial charge in [-0.1, -0.05) is 12.2 Å². The predicted molar refractivity (Wildman–Crippen MR) is 183 cm³/mol. The van der Waals surface area contributed by atoms with Crippen molar-refractivity contribution >= 4 is 48.0 Å². The number of hydrazone groups is 1. The minimum absolute atomic E-state index is 0. The number of likely N-dealkylation sites (N-methyl/N-ethyl adjacent to an activating group) is 1. The first-order valence-corrected chi connectivity index (χ1v) is 15.4. The van der Waals surface area contributed by atoms with Crippen LogP contribution in [0.5, 0.6) is 11.5 Å². The second-order valence-electron chi connectivity index (χ2n) is 12.9. The van der Waals surface area contributed by atoms with E-state index in [2.05, 4.69) is 56.0 Å². The van der Waals surface area contributed by atoms with Crippen LogP contribution in [-0.2, 0) is 11.2 Å². The number of methoxy groups -OCH3 is 1. The first-order chi connectivity index (χ1) is 20.6. The molecule has 0 aromatic heterocycles. The zero-order valence-electron chi connectivity index (χ0n) is 26.8. The van der Waals surface area contributed by atoms with Crippen molar-refractivity contribution in [1.82, 2.24) is 14.7 Å². The van der Waals surface area contributed by atoms with Crippen molar-refractivity contribution in [3.05, 3.63) is 65.2 Å². The number of hydrogen-bond acceptors (Lipinski definition) is 7. The molecular weight excluding hydrogens is 613 g/mol. The molecular formula is C34H45Cl2N5O4. The summed E-state index contributed by atoms with van der Waals surface area (Å²) in [4.78, 5) is 33.7. The number of amides is 2. The third kappa shape index (κ3) is 7.02. The SMILES string of the molecule is COc1ccc(C2=NN(c3ccc(C(=O)N4CCN(CCN(C)C)CC4)cc3)C(=O)C3CC=CCC23)c2c1OC(C)(C)C2.Cl.Cl. The molecule has 4 aliphatic rings. The molecule has 1 aliphatic carbocycles. The average molecular weight is 659 g/mol. The Morgan fingerprint density at radius 1 is 1.00 bits per heavy atom. The fourth-order valence-electron chi connectivity index (χ4n) is 6.69. The maximum absolute atomic E-state index is 13.8. The van der Waals surface area contributed by atoms with Gasteiger partial charge in [0.15, 0.2) is 11.5 Å². The van der Waals surface area contributed by atoms with Crippen LogP contribution in [0.3, 0.4) is 0 Å². The maximum atomic E-state index is 13.8. The van der Waals surface area contributed by atoms with Crippen molar-refractivity contribution in [2.45, 2.75) is 38.7 Å².